The molecule has 5 heterocycles. The molecule has 8 aliphatic rings. The Labute approximate surface area is 341 Å². The van der Waals surface area contributed by atoms with E-state index in [4.69, 9.17) is 10.5 Å². The lowest BCUT2D eigenvalue weighted by Gasteiger charge is -2.54. The molecule has 9 nitrogen and oxygen atoms in total. The first-order valence-corrected chi connectivity index (χ1v) is 24.0. The Balaban J connectivity index is 0.000000177. The molecule has 1 aromatic carbocycles. The van der Waals surface area contributed by atoms with Crippen molar-refractivity contribution in [2.75, 3.05) is 6.61 Å². The van der Waals surface area contributed by atoms with Crippen LogP contribution in [0.1, 0.15) is 167 Å². The van der Waals surface area contributed by atoms with Crippen LogP contribution in [0.5, 0.6) is 0 Å². The van der Waals surface area contributed by atoms with Gasteiger partial charge in [-0.2, -0.15) is 0 Å². The van der Waals surface area contributed by atoms with Crippen LogP contribution in [0.15, 0.2) is 33.9 Å². The fraction of sp³-hybridized carbons (Fsp3) is 0.812. The van der Waals surface area contributed by atoms with Gasteiger partial charge in [-0.05, 0) is 133 Å². The first-order valence-electron chi connectivity index (χ1n) is 24.0. The summed E-state index contributed by atoms with van der Waals surface area (Å²) in [7, 11) is 0. The summed E-state index contributed by atoms with van der Waals surface area (Å²) in [5, 5.41) is 0.496. The lowest BCUT2D eigenvalue weighted by Crippen LogP contribution is -2.60. The molecule has 4 aliphatic carbocycles. The number of benzene rings is 1. The summed E-state index contributed by atoms with van der Waals surface area (Å²) in [6.45, 7) is 1.84. The van der Waals surface area contributed by atoms with E-state index in [-0.39, 0.29) is 30.4 Å². The molecular formula is C48H73N5O4. The number of piperidine rings is 4. The van der Waals surface area contributed by atoms with Crippen LogP contribution < -0.4 is 17.0 Å². The van der Waals surface area contributed by atoms with Gasteiger partial charge in [0.05, 0.1) is 17.5 Å². The van der Waals surface area contributed by atoms with Crippen LogP contribution in [0.2, 0.25) is 0 Å². The second-order valence-electron chi connectivity index (χ2n) is 20.3. The van der Waals surface area contributed by atoms with Crippen LogP contribution in [-0.2, 0) is 16.1 Å². The maximum Gasteiger partial charge on any atom is 0.332 e. The minimum Gasteiger partial charge on any atom is -0.465 e. The van der Waals surface area contributed by atoms with E-state index in [1.165, 1.54) is 131 Å². The molecule has 8 bridgehead atoms. The lowest BCUT2D eigenvalue weighted by molar-refractivity contribution is -0.143. The standard InChI is InChI=1S/C30H41N3O4.C18H32N2/c1-2-37-28(34)19-31-27-13-6-5-12-26(27)29(35)33(30(31)36)25-17-22-10-7-11-23(18-25)32(22)24-15-20-8-3-4-9-21(14-20)16-24;19-15-11-16-6-3-7-17(12-15)20(16)18-9-13-4-1-2-5-14(8-13)10-18/h5-6,12-13,20-25H,2-4,7-11,14-19H2,1H3;13-18H,1-12,19H2/t20-,21+,22-,23+,24?,25?;13-,14+,15?,16-,17+,18?. The second-order valence-corrected chi connectivity index (χ2v) is 20.3. The Morgan fingerprint density at radius 2 is 1.07 bits per heavy atom. The van der Waals surface area contributed by atoms with Gasteiger partial charge >= 0.3 is 11.7 Å². The van der Waals surface area contributed by atoms with Crippen molar-refractivity contribution >= 4 is 16.9 Å². The zero-order valence-corrected chi connectivity index (χ0v) is 35.1. The van der Waals surface area contributed by atoms with Gasteiger partial charge in [-0.1, -0.05) is 76.3 Å². The number of aromatic nitrogens is 2. The van der Waals surface area contributed by atoms with Crippen molar-refractivity contribution in [2.45, 2.75) is 216 Å². The number of esters is 1. The van der Waals surface area contributed by atoms with E-state index >= 15 is 0 Å². The van der Waals surface area contributed by atoms with Crippen molar-refractivity contribution in [1.82, 2.24) is 18.9 Å². The van der Waals surface area contributed by atoms with E-state index < -0.39 is 5.97 Å². The largest absolute Gasteiger partial charge is 0.465 e. The van der Waals surface area contributed by atoms with Gasteiger partial charge in [-0.15, -0.1) is 0 Å². The summed E-state index contributed by atoms with van der Waals surface area (Å²) in [6.07, 6.45) is 32.4. The molecule has 9 heteroatoms. The van der Waals surface area contributed by atoms with E-state index in [0.29, 0.717) is 35.1 Å². The summed E-state index contributed by atoms with van der Waals surface area (Å²) in [5.74, 6) is 3.41. The van der Waals surface area contributed by atoms with Crippen molar-refractivity contribution in [1.29, 1.82) is 0 Å². The number of ether oxygens (including phenoxy) is 1. The third-order valence-corrected chi connectivity index (χ3v) is 16.7. The van der Waals surface area contributed by atoms with Gasteiger partial charge in [0.2, 0.25) is 0 Å². The molecule has 2 aromatic rings. The van der Waals surface area contributed by atoms with Crippen LogP contribution in [0.4, 0.5) is 0 Å². The molecule has 12 atom stereocenters. The topological polar surface area (TPSA) is 103 Å². The number of nitrogens with two attached hydrogens (primary N) is 1. The number of fused-ring (bicyclic) bond motifs is 9. The third kappa shape index (κ3) is 8.46. The monoisotopic (exact) mass is 784 g/mol. The number of hydrogen-bond acceptors (Lipinski definition) is 7. The summed E-state index contributed by atoms with van der Waals surface area (Å²) < 4.78 is 8.09. The summed E-state index contributed by atoms with van der Waals surface area (Å²) in [6, 6.07) is 11.6. The molecule has 10 rings (SSSR count). The van der Waals surface area contributed by atoms with Crippen molar-refractivity contribution in [3.05, 3.63) is 45.1 Å². The Morgan fingerprint density at radius 3 is 1.56 bits per heavy atom. The van der Waals surface area contributed by atoms with Gasteiger partial charge < -0.3 is 10.5 Å². The average Bonchev–Trinajstić information content (AvgIpc) is 3.47. The summed E-state index contributed by atoms with van der Waals surface area (Å²) in [4.78, 5) is 45.8. The molecule has 4 aliphatic heterocycles. The van der Waals surface area contributed by atoms with Crippen LogP contribution in [-0.4, -0.2) is 73.8 Å². The van der Waals surface area contributed by atoms with E-state index in [2.05, 4.69) is 9.80 Å². The molecule has 0 spiro atoms. The SMILES string of the molecule is CCOC(=O)Cn1c(=O)n(C2C[C@H]3CCC[C@@H](C2)N3C2C[C@H]3CCCC[C@@H](C2)C3)c(=O)c2ccccc21.NC1C[C@H]2CCC[C@@H](C1)N2C1C[C@H]2CCCC[C@@H](C1)C2. The first kappa shape index (κ1) is 39.9. The van der Waals surface area contributed by atoms with Gasteiger partial charge in [0.15, 0.2) is 0 Å². The molecule has 57 heavy (non-hydrogen) atoms. The van der Waals surface area contributed by atoms with Crippen molar-refractivity contribution in [3.63, 3.8) is 0 Å². The minimum absolute atomic E-state index is 0.129. The highest BCUT2D eigenvalue weighted by molar-refractivity contribution is 5.80. The zero-order chi connectivity index (χ0) is 39.0. The van der Waals surface area contributed by atoms with Crippen LogP contribution in [0.3, 0.4) is 0 Å². The number of hydrogen-bond donors (Lipinski definition) is 1. The highest BCUT2D eigenvalue weighted by Gasteiger charge is 2.46. The van der Waals surface area contributed by atoms with E-state index in [0.717, 1.165) is 67.5 Å². The molecule has 8 fully saturated rings. The molecule has 4 unspecified atom stereocenters. The summed E-state index contributed by atoms with van der Waals surface area (Å²) >= 11 is 0. The Morgan fingerprint density at radius 1 is 0.596 bits per heavy atom. The number of carbonyl (C=O) groups excluding carboxylic acids is 1. The van der Waals surface area contributed by atoms with Crippen molar-refractivity contribution in [2.24, 2.45) is 29.4 Å². The molecule has 4 saturated heterocycles. The zero-order valence-electron chi connectivity index (χ0n) is 35.1. The Hall–Kier alpha value is -2.49. The van der Waals surface area contributed by atoms with Gasteiger partial charge in [0.25, 0.3) is 5.56 Å². The maximum atomic E-state index is 13.8. The normalized spacial score (nSPS) is 38.3. The molecule has 314 valence electrons. The fourth-order valence-electron chi connectivity index (χ4n) is 14.6. The van der Waals surface area contributed by atoms with Crippen LogP contribution in [0, 0.1) is 23.7 Å². The highest BCUT2D eigenvalue weighted by atomic mass is 16.5. The smallest absolute Gasteiger partial charge is 0.332 e. The van der Waals surface area contributed by atoms with Gasteiger partial charge in [-0.3, -0.25) is 28.5 Å². The number of rotatable bonds is 6. The van der Waals surface area contributed by atoms with Gasteiger partial charge in [0, 0.05) is 48.3 Å². The quantitative estimate of drug-likeness (QED) is 0.294. The second kappa shape index (κ2) is 17.6. The molecule has 0 amide bonds. The van der Waals surface area contributed by atoms with Crippen LogP contribution in [0.25, 0.3) is 10.9 Å². The minimum atomic E-state index is -0.453. The predicted molar refractivity (Wildman–Crippen MR) is 227 cm³/mol. The first-order chi connectivity index (χ1) is 27.8. The number of carbonyl (C=O) groups is 1. The number of para-hydroxylation sites is 1. The van der Waals surface area contributed by atoms with E-state index in [1.54, 1.807) is 31.5 Å². The van der Waals surface area contributed by atoms with Crippen molar-refractivity contribution in [3.8, 4) is 0 Å². The molecule has 2 N–H and O–H groups in total. The molecule has 1 aromatic heterocycles. The average molecular weight is 784 g/mol. The molecule has 4 saturated carbocycles. The number of nitrogens with zero attached hydrogens (tertiary/aromatic N) is 4. The van der Waals surface area contributed by atoms with E-state index in [9.17, 15) is 14.4 Å². The van der Waals surface area contributed by atoms with Crippen molar-refractivity contribution < 1.29 is 9.53 Å². The highest BCUT2D eigenvalue weighted by Crippen LogP contribution is 2.47. The molecule has 0 radical (unpaired) electrons. The predicted octanol–water partition coefficient (Wildman–Crippen LogP) is 8.33. The maximum absolute atomic E-state index is 13.8. The van der Waals surface area contributed by atoms with Crippen LogP contribution >= 0.6 is 0 Å². The van der Waals surface area contributed by atoms with Gasteiger partial charge in [0.1, 0.15) is 6.54 Å². The summed E-state index contributed by atoms with van der Waals surface area (Å²) in [5.41, 5.74) is 6.21. The van der Waals surface area contributed by atoms with Gasteiger partial charge in [-0.25, -0.2) is 4.79 Å². The van der Waals surface area contributed by atoms with E-state index in [1.807, 2.05) is 6.07 Å². The Kier molecular flexibility index (Phi) is 12.3. The lowest BCUT2D eigenvalue weighted by atomic mass is 9.73. The fourth-order valence-corrected chi connectivity index (χ4v) is 14.6. The third-order valence-electron chi connectivity index (χ3n) is 16.7. The molecular weight excluding hydrogens is 711 g/mol. The Bertz CT molecular complexity index is 1770.